The maximum atomic E-state index is 0. The average Bonchev–Trinajstić information content (AvgIpc) is 0. The molecule has 0 spiro atoms. The molecule has 0 amide bonds. The summed E-state index contributed by atoms with van der Waals surface area (Å²) in [7, 11) is 0. The molecule has 0 aliphatic carbocycles. The Morgan fingerprint density at radius 3 is 0.286 bits per heavy atom. The van der Waals surface area contributed by atoms with Crippen LogP contribution < -0.4 is 28.2 Å². The fourth-order valence-corrected chi connectivity index (χ4v) is 0. The van der Waals surface area contributed by atoms with Crippen LogP contribution in [0.2, 0.25) is 0 Å². The van der Waals surface area contributed by atoms with Gasteiger partial charge in [0, 0.05) is 20.4 Å². The van der Waals surface area contributed by atoms with Crippen LogP contribution in [0.1, 0.15) is 0 Å². The van der Waals surface area contributed by atoms with Gasteiger partial charge < -0.3 is 28.2 Å². The minimum Gasteiger partial charge on any atom is -1.00 e. The first-order valence-corrected chi connectivity index (χ1v) is 0. The largest absolute Gasteiger partial charge is 1.00 e. The van der Waals surface area contributed by atoms with Crippen LogP contribution in [0.4, 0.5) is 0 Å². The number of hydrogen-bond donors (Lipinski definition) is 0. The fraction of sp³-hybridized carbons (Fsp3) is 0. The molecule has 0 heterocycles. The summed E-state index contributed by atoms with van der Waals surface area (Å²) in [4.78, 5) is 0. The van der Waals surface area contributed by atoms with Gasteiger partial charge in [-0.2, -0.15) is 0 Å². The molecule has 0 atom stereocenters. The Morgan fingerprint density at radius 2 is 0.286 bits per heavy atom. The van der Waals surface area contributed by atoms with E-state index in [2.05, 4.69) is 0 Å². The molecule has 0 N–H and O–H groups in total. The third-order valence-electron chi connectivity index (χ3n) is 0. The van der Waals surface area contributed by atoms with E-state index in [4.69, 9.17) is 0 Å². The van der Waals surface area contributed by atoms with Crippen LogP contribution in [0, 0.1) is 0 Å². The van der Waals surface area contributed by atoms with Crippen LogP contribution in [0.3, 0.4) is 0 Å². The van der Waals surface area contributed by atoms with Crippen LogP contribution in [-0.4, -0.2) is 0 Å². The van der Waals surface area contributed by atoms with Gasteiger partial charge >= 0.3 is 0 Å². The zero-order valence-corrected chi connectivity index (χ0v) is 5.36. The van der Waals surface area contributed by atoms with E-state index < -0.39 is 0 Å². The molecule has 1 radical (unpaired) electrons. The minimum atomic E-state index is 0. The van der Waals surface area contributed by atoms with Gasteiger partial charge in [0.2, 0.25) is 0 Å². The van der Waals surface area contributed by atoms with Crippen molar-refractivity contribution in [2.24, 2.45) is 0 Å². The number of halogens is 6. The summed E-state index contributed by atoms with van der Waals surface area (Å²) < 4.78 is 0. The Morgan fingerprint density at radius 1 is 0.286 bits per heavy atom. The van der Waals surface area contributed by atoms with Crippen molar-refractivity contribution < 1.29 is 48.6 Å². The van der Waals surface area contributed by atoms with Crippen molar-refractivity contribution in [3.8, 4) is 0 Å². The molecule has 0 aromatic heterocycles. The van der Waals surface area contributed by atoms with E-state index in [0.717, 1.165) is 0 Å². The molecule has 0 bridgehead atoms. The standard InChI is InChI=1S/6FH.Re/h6*1H;/p-6. The SMILES string of the molecule is [F-].[F-].[F-].[F-].[F-].[F-].[Re]. The van der Waals surface area contributed by atoms with Gasteiger partial charge in [-0.15, -0.1) is 0 Å². The molecule has 55 valence electrons. The summed E-state index contributed by atoms with van der Waals surface area (Å²) >= 11 is 0. The summed E-state index contributed by atoms with van der Waals surface area (Å²) in [5, 5.41) is 0. The van der Waals surface area contributed by atoms with Gasteiger partial charge in [-0.3, -0.25) is 0 Å². The first kappa shape index (κ1) is 4810. The van der Waals surface area contributed by atoms with Gasteiger partial charge in [0.1, 0.15) is 0 Å². The minimum absolute atomic E-state index is 0. The summed E-state index contributed by atoms with van der Waals surface area (Å²) in [5.41, 5.74) is 0. The van der Waals surface area contributed by atoms with Crippen LogP contribution >= 0.6 is 0 Å². The zero-order valence-electron chi connectivity index (χ0n) is 2.65. The van der Waals surface area contributed by atoms with Gasteiger partial charge in [0.25, 0.3) is 0 Å². The smallest absolute Gasteiger partial charge is 0 e. The van der Waals surface area contributed by atoms with Crippen molar-refractivity contribution in [2.75, 3.05) is 0 Å². The Kier molecular flexibility index (Phi) is 2010000. The Labute approximate surface area is 49.5 Å². The molecule has 0 aliphatic rings. The van der Waals surface area contributed by atoms with E-state index >= 15 is 0 Å². The predicted molar refractivity (Wildman–Crippen MR) is 0 cm³/mol. The molecular weight excluding hydrogens is 300 g/mol. The van der Waals surface area contributed by atoms with Crippen molar-refractivity contribution >= 4 is 0 Å². The van der Waals surface area contributed by atoms with Crippen LogP contribution in [-0.2, 0) is 20.4 Å². The molecular formula is F6Re-6. The van der Waals surface area contributed by atoms with E-state index in [0.29, 0.717) is 0 Å². The van der Waals surface area contributed by atoms with Crippen LogP contribution in [0.5, 0.6) is 0 Å². The maximum Gasteiger partial charge on any atom is 0 e. The molecule has 0 saturated heterocycles. The molecule has 0 fully saturated rings. The Balaban J connectivity index is 0. The van der Waals surface area contributed by atoms with Crippen molar-refractivity contribution in [3.05, 3.63) is 0 Å². The van der Waals surface area contributed by atoms with Crippen molar-refractivity contribution in [2.45, 2.75) is 0 Å². The Bertz CT molecular complexity index is 4.14. The first-order chi connectivity index (χ1) is 0. The van der Waals surface area contributed by atoms with Gasteiger partial charge in [-0.05, 0) is 0 Å². The number of hydrogen-bond acceptors (Lipinski definition) is 0. The van der Waals surface area contributed by atoms with E-state index in [9.17, 15) is 0 Å². The third-order valence-corrected chi connectivity index (χ3v) is 0. The average molecular weight is 300 g/mol. The molecule has 7 heavy (non-hydrogen) atoms. The summed E-state index contributed by atoms with van der Waals surface area (Å²) in [5.74, 6) is 0. The topological polar surface area (TPSA) is 0 Å². The third kappa shape index (κ3) is 1910. The summed E-state index contributed by atoms with van der Waals surface area (Å²) in [6.45, 7) is 0. The number of rotatable bonds is 0. The molecule has 7 heteroatoms. The molecule has 0 rings (SSSR count). The van der Waals surface area contributed by atoms with Crippen molar-refractivity contribution in [3.63, 3.8) is 0 Å². The summed E-state index contributed by atoms with van der Waals surface area (Å²) in [6.07, 6.45) is 0. The predicted octanol–water partition coefficient (Wildman–Crippen LogP) is -18.0. The Hall–Kier alpha value is 0.242. The van der Waals surface area contributed by atoms with Crippen LogP contribution in [0.15, 0.2) is 0 Å². The van der Waals surface area contributed by atoms with E-state index in [1.165, 1.54) is 0 Å². The van der Waals surface area contributed by atoms with Crippen molar-refractivity contribution in [1.82, 2.24) is 0 Å². The van der Waals surface area contributed by atoms with Gasteiger partial charge in [0.05, 0.1) is 0 Å². The summed E-state index contributed by atoms with van der Waals surface area (Å²) in [6, 6.07) is 0. The quantitative estimate of drug-likeness (QED) is 0.390. The second-order valence-corrected chi connectivity index (χ2v) is 0. The van der Waals surface area contributed by atoms with Crippen LogP contribution in [0.25, 0.3) is 0 Å². The zero-order chi connectivity index (χ0) is 0. The second-order valence-electron chi connectivity index (χ2n) is 0. The maximum absolute atomic E-state index is 0. The first-order valence-electron chi connectivity index (χ1n) is 0. The van der Waals surface area contributed by atoms with Gasteiger partial charge in [-0.1, -0.05) is 0 Å². The molecule has 0 nitrogen and oxygen atoms in total. The van der Waals surface area contributed by atoms with Gasteiger partial charge in [-0.25, -0.2) is 0 Å². The molecule has 0 aliphatic heterocycles. The molecule has 0 aromatic rings. The van der Waals surface area contributed by atoms with E-state index in [-0.39, 0.29) is 48.6 Å². The second kappa shape index (κ2) is 2920. The van der Waals surface area contributed by atoms with E-state index in [1.54, 1.807) is 0 Å². The van der Waals surface area contributed by atoms with Crippen molar-refractivity contribution in [1.29, 1.82) is 0 Å². The normalized spacial score (nSPS) is 0. The monoisotopic (exact) mass is 301 g/mol. The molecule has 0 unspecified atom stereocenters. The molecule has 0 saturated carbocycles. The van der Waals surface area contributed by atoms with Gasteiger partial charge in [0.15, 0.2) is 0 Å². The fourth-order valence-electron chi connectivity index (χ4n) is 0. The molecule has 0 aromatic carbocycles. The van der Waals surface area contributed by atoms with E-state index in [1.807, 2.05) is 0 Å².